The van der Waals surface area contributed by atoms with E-state index in [2.05, 4.69) is 11.9 Å². The van der Waals surface area contributed by atoms with Crippen molar-refractivity contribution in [1.82, 2.24) is 0 Å². The zero-order chi connectivity index (χ0) is 22.6. The summed E-state index contributed by atoms with van der Waals surface area (Å²) in [5.74, 6) is 0.877. The first-order valence-corrected chi connectivity index (χ1v) is 11.3. The molecule has 3 aromatic rings. The van der Waals surface area contributed by atoms with Crippen molar-refractivity contribution in [3.63, 3.8) is 0 Å². The van der Waals surface area contributed by atoms with Gasteiger partial charge >= 0.3 is 5.97 Å². The van der Waals surface area contributed by atoms with Gasteiger partial charge in [0.15, 0.2) is 0 Å². The van der Waals surface area contributed by atoms with Gasteiger partial charge in [-0.25, -0.2) is 4.79 Å². The van der Waals surface area contributed by atoms with Crippen LogP contribution in [-0.4, -0.2) is 18.8 Å². The zero-order valence-corrected chi connectivity index (χ0v) is 18.9. The summed E-state index contributed by atoms with van der Waals surface area (Å²) >= 11 is 0. The third-order valence-electron chi connectivity index (χ3n) is 5.06. The Morgan fingerprint density at radius 1 is 0.875 bits per heavy atom. The van der Waals surface area contributed by atoms with Crippen molar-refractivity contribution in [2.45, 2.75) is 46.0 Å². The molecule has 0 aromatic heterocycles. The molecule has 0 bridgehead atoms. The highest BCUT2D eigenvalue weighted by atomic mass is 16.5. The molecule has 0 spiro atoms. The molecule has 3 rings (SSSR count). The molecule has 0 atom stereocenters. The van der Waals surface area contributed by atoms with E-state index in [1.165, 1.54) is 31.2 Å². The summed E-state index contributed by atoms with van der Waals surface area (Å²) in [4.78, 5) is 16.9. The summed E-state index contributed by atoms with van der Waals surface area (Å²) in [6.07, 6.45) is 7.81. The highest BCUT2D eigenvalue weighted by Gasteiger charge is 2.09. The molecule has 0 aliphatic rings. The maximum Gasteiger partial charge on any atom is 0.343 e. The maximum absolute atomic E-state index is 12.4. The smallest absolute Gasteiger partial charge is 0.343 e. The lowest BCUT2D eigenvalue weighted by Crippen LogP contribution is -2.08. The summed E-state index contributed by atoms with van der Waals surface area (Å²) in [6.45, 7) is 4.95. The zero-order valence-electron chi connectivity index (χ0n) is 18.9. The number of benzene rings is 3. The quantitative estimate of drug-likeness (QED) is 0.139. The van der Waals surface area contributed by atoms with Crippen molar-refractivity contribution < 1.29 is 14.3 Å². The number of rotatable bonds is 11. The van der Waals surface area contributed by atoms with E-state index in [0.29, 0.717) is 17.9 Å². The van der Waals surface area contributed by atoms with Crippen LogP contribution in [0.4, 0.5) is 5.69 Å². The number of carbonyl (C=O) groups excluding carboxylic acids is 1. The van der Waals surface area contributed by atoms with Gasteiger partial charge in [-0.05, 0) is 85.1 Å². The number of ether oxygens (including phenoxy) is 2. The van der Waals surface area contributed by atoms with Crippen LogP contribution in [0, 0.1) is 6.92 Å². The number of hydrogen-bond donors (Lipinski definition) is 0. The van der Waals surface area contributed by atoms with Gasteiger partial charge in [0, 0.05) is 6.21 Å². The number of unbranched alkanes of at least 4 members (excludes halogenated alkanes) is 4. The summed E-state index contributed by atoms with van der Waals surface area (Å²) < 4.78 is 11.2. The van der Waals surface area contributed by atoms with Crippen molar-refractivity contribution in [2.24, 2.45) is 4.99 Å². The Balaban J connectivity index is 1.47. The lowest BCUT2D eigenvalue weighted by atomic mass is 10.2. The molecule has 0 heterocycles. The second kappa shape index (κ2) is 12.5. The Morgan fingerprint density at radius 2 is 1.59 bits per heavy atom. The maximum atomic E-state index is 12.4. The third-order valence-corrected chi connectivity index (χ3v) is 5.06. The molecule has 0 fully saturated rings. The van der Waals surface area contributed by atoms with Gasteiger partial charge in [-0.3, -0.25) is 4.99 Å². The molecular weight excluding hydrogens is 398 g/mol. The van der Waals surface area contributed by atoms with Crippen LogP contribution in [0.15, 0.2) is 77.8 Å². The van der Waals surface area contributed by atoms with E-state index in [4.69, 9.17) is 9.47 Å². The lowest BCUT2D eigenvalue weighted by Gasteiger charge is -2.08. The largest absolute Gasteiger partial charge is 0.494 e. The Kier molecular flexibility index (Phi) is 9.05. The van der Waals surface area contributed by atoms with Crippen LogP contribution in [0.2, 0.25) is 0 Å². The van der Waals surface area contributed by atoms with Crippen molar-refractivity contribution in [2.75, 3.05) is 6.61 Å². The second-order valence-corrected chi connectivity index (χ2v) is 7.84. The van der Waals surface area contributed by atoms with Crippen LogP contribution in [0.3, 0.4) is 0 Å². The van der Waals surface area contributed by atoms with Crippen LogP contribution >= 0.6 is 0 Å². The molecule has 0 amide bonds. The minimum Gasteiger partial charge on any atom is -0.494 e. The molecule has 166 valence electrons. The van der Waals surface area contributed by atoms with Crippen LogP contribution in [0.25, 0.3) is 0 Å². The monoisotopic (exact) mass is 429 g/mol. The van der Waals surface area contributed by atoms with Crippen molar-refractivity contribution in [3.8, 4) is 11.5 Å². The number of hydrogen-bond acceptors (Lipinski definition) is 4. The molecular formula is C28H31NO3. The topological polar surface area (TPSA) is 47.9 Å². The second-order valence-electron chi connectivity index (χ2n) is 7.84. The summed E-state index contributed by atoms with van der Waals surface area (Å²) in [5, 5.41) is 0. The number of nitrogens with zero attached hydrogens (tertiary/aromatic N) is 1. The number of esters is 1. The highest BCUT2D eigenvalue weighted by Crippen LogP contribution is 2.18. The molecule has 32 heavy (non-hydrogen) atoms. The van der Waals surface area contributed by atoms with Crippen LogP contribution in [0.5, 0.6) is 11.5 Å². The predicted octanol–water partition coefficient (Wildman–Crippen LogP) is 7.31. The van der Waals surface area contributed by atoms with Gasteiger partial charge in [-0.15, -0.1) is 0 Å². The van der Waals surface area contributed by atoms with Gasteiger partial charge in [-0.1, -0.05) is 44.7 Å². The van der Waals surface area contributed by atoms with E-state index >= 15 is 0 Å². The fourth-order valence-corrected chi connectivity index (χ4v) is 3.23. The van der Waals surface area contributed by atoms with Gasteiger partial charge in [-0.2, -0.15) is 0 Å². The van der Waals surface area contributed by atoms with E-state index in [0.717, 1.165) is 23.4 Å². The lowest BCUT2D eigenvalue weighted by molar-refractivity contribution is 0.0734. The fourth-order valence-electron chi connectivity index (χ4n) is 3.23. The van der Waals surface area contributed by atoms with Crippen LogP contribution < -0.4 is 9.47 Å². The van der Waals surface area contributed by atoms with E-state index in [-0.39, 0.29) is 0 Å². The van der Waals surface area contributed by atoms with Gasteiger partial charge in [0.25, 0.3) is 0 Å². The molecule has 4 heteroatoms. The Hall–Kier alpha value is -3.40. The summed E-state index contributed by atoms with van der Waals surface area (Å²) in [5.41, 5.74) is 3.50. The number of carbonyl (C=O) groups is 1. The number of aryl methyl sites for hydroxylation is 1. The molecule has 0 aliphatic carbocycles. The average Bonchev–Trinajstić information content (AvgIpc) is 2.81. The van der Waals surface area contributed by atoms with E-state index in [9.17, 15) is 4.79 Å². The average molecular weight is 430 g/mol. The summed E-state index contributed by atoms with van der Waals surface area (Å²) in [6, 6.07) is 22.4. The van der Waals surface area contributed by atoms with Gasteiger partial charge in [0.2, 0.25) is 0 Å². The Labute approximate surface area is 190 Å². The van der Waals surface area contributed by atoms with E-state index in [1.54, 1.807) is 30.5 Å². The van der Waals surface area contributed by atoms with Crippen molar-refractivity contribution >= 4 is 17.9 Å². The molecule has 0 unspecified atom stereocenters. The molecule has 3 aromatic carbocycles. The predicted molar refractivity (Wildman–Crippen MR) is 131 cm³/mol. The van der Waals surface area contributed by atoms with Crippen LogP contribution in [-0.2, 0) is 0 Å². The van der Waals surface area contributed by atoms with E-state index in [1.807, 2.05) is 55.5 Å². The molecule has 0 saturated carbocycles. The van der Waals surface area contributed by atoms with Gasteiger partial charge in [0.05, 0.1) is 17.9 Å². The third kappa shape index (κ3) is 7.69. The minimum atomic E-state index is -0.391. The Morgan fingerprint density at radius 3 is 2.31 bits per heavy atom. The van der Waals surface area contributed by atoms with Gasteiger partial charge < -0.3 is 9.47 Å². The molecule has 4 nitrogen and oxygen atoms in total. The standard InChI is InChI=1S/C28H31NO3/c1-3-4-5-6-7-19-31-26-17-13-24(14-18-26)28(30)32-27-15-11-23(12-16-27)21-29-25-10-8-9-22(2)20-25/h8-18,20-21H,3-7,19H2,1-2H3. The van der Waals surface area contributed by atoms with Crippen molar-refractivity contribution in [3.05, 3.63) is 89.5 Å². The fraction of sp³-hybridized carbons (Fsp3) is 0.286. The minimum absolute atomic E-state index is 0.391. The highest BCUT2D eigenvalue weighted by molar-refractivity contribution is 5.91. The Bertz CT molecular complexity index is 1010. The first kappa shape index (κ1) is 23.3. The van der Waals surface area contributed by atoms with E-state index < -0.39 is 5.97 Å². The summed E-state index contributed by atoms with van der Waals surface area (Å²) in [7, 11) is 0. The van der Waals surface area contributed by atoms with Gasteiger partial charge in [0.1, 0.15) is 11.5 Å². The molecule has 0 aliphatic heterocycles. The molecule has 0 saturated heterocycles. The molecule has 0 N–H and O–H groups in total. The van der Waals surface area contributed by atoms with Crippen LogP contribution in [0.1, 0.15) is 60.5 Å². The normalized spacial score (nSPS) is 10.9. The first-order valence-electron chi connectivity index (χ1n) is 11.3. The SMILES string of the molecule is CCCCCCCOc1ccc(C(=O)Oc2ccc(C=Nc3cccc(C)c3)cc2)cc1. The van der Waals surface area contributed by atoms with Crippen molar-refractivity contribution in [1.29, 1.82) is 0 Å². The first-order chi connectivity index (χ1) is 15.6. The number of aliphatic imine (C=N–C) groups is 1. The molecule has 0 radical (unpaired) electrons.